The van der Waals surface area contributed by atoms with Gasteiger partial charge in [0.1, 0.15) is 4.90 Å². The first kappa shape index (κ1) is 17.0. The first-order valence-corrected chi connectivity index (χ1v) is 9.24. The molecule has 4 nitrogen and oxygen atoms in total. The van der Waals surface area contributed by atoms with Crippen molar-refractivity contribution in [3.8, 4) is 0 Å². The van der Waals surface area contributed by atoms with E-state index in [9.17, 15) is 8.42 Å². The van der Waals surface area contributed by atoms with E-state index >= 15 is 0 Å². The smallest absolute Gasteiger partial charge is 0.244 e. The predicted molar refractivity (Wildman–Crippen MR) is 89.2 cm³/mol. The van der Waals surface area contributed by atoms with Crippen LogP contribution in [0.25, 0.3) is 0 Å². The zero-order chi connectivity index (χ0) is 15.6. The monoisotopic (exact) mass is 392 g/mol. The first-order chi connectivity index (χ1) is 9.80. The summed E-state index contributed by atoms with van der Waals surface area (Å²) in [6.45, 7) is 9.04. The Kier molecular flexibility index (Phi) is 5.48. The van der Waals surface area contributed by atoms with Crippen LogP contribution in [0.2, 0.25) is 5.02 Å². The summed E-state index contributed by atoms with van der Waals surface area (Å²) in [4.78, 5) is 2.37. The molecule has 0 atom stereocenters. The number of hydrogen-bond acceptors (Lipinski definition) is 3. The van der Waals surface area contributed by atoms with Crippen molar-refractivity contribution in [1.82, 2.24) is 9.21 Å². The van der Waals surface area contributed by atoms with Crippen LogP contribution in [-0.2, 0) is 10.0 Å². The Morgan fingerprint density at radius 2 is 1.95 bits per heavy atom. The molecule has 0 radical (unpaired) electrons. The summed E-state index contributed by atoms with van der Waals surface area (Å²) in [6, 6.07) is 4.84. The summed E-state index contributed by atoms with van der Waals surface area (Å²) in [5, 5.41) is 0.244. The Balaban J connectivity index is 2.13. The number of hydrogen-bond donors (Lipinski definition) is 0. The molecule has 0 aromatic heterocycles. The molecule has 7 heteroatoms. The van der Waals surface area contributed by atoms with Gasteiger partial charge in [0.05, 0.1) is 5.02 Å². The van der Waals surface area contributed by atoms with Crippen LogP contribution in [0, 0.1) is 0 Å². The van der Waals surface area contributed by atoms with E-state index < -0.39 is 10.0 Å². The van der Waals surface area contributed by atoms with E-state index in [0.29, 0.717) is 26.2 Å². The lowest BCUT2D eigenvalue weighted by atomic mass is 10.3. The Bertz CT molecular complexity index is 640. The second-order valence-corrected chi connectivity index (χ2v) is 8.44. The van der Waals surface area contributed by atoms with Crippen LogP contribution in [0.4, 0.5) is 0 Å². The molecule has 0 aliphatic carbocycles. The molecule has 1 aromatic carbocycles. The van der Waals surface area contributed by atoms with Crippen LogP contribution in [0.1, 0.15) is 6.92 Å². The molecular formula is C14H18BrClN2O2S. The number of halogens is 2. The Hall–Kier alpha value is -0.400. The second-order valence-electron chi connectivity index (χ2n) is 5.21. The minimum Gasteiger partial charge on any atom is -0.297 e. The molecule has 1 heterocycles. The first-order valence-electron chi connectivity index (χ1n) is 6.62. The third-order valence-electron chi connectivity index (χ3n) is 3.34. The molecule has 0 N–H and O–H groups in total. The lowest BCUT2D eigenvalue weighted by Gasteiger charge is -2.34. The Morgan fingerprint density at radius 3 is 2.48 bits per heavy atom. The van der Waals surface area contributed by atoms with Gasteiger partial charge in [-0.25, -0.2) is 8.42 Å². The van der Waals surface area contributed by atoms with E-state index in [4.69, 9.17) is 11.6 Å². The standard InChI is InChI=1S/C14H18BrClN2O2S/c1-11(2)10-17-5-7-18(8-6-17)21(19,20)14-4-3-12(15)9-13(14)16/h3-4,9H,1,5-8,10H2,2H3. The zero-order valence-electron chi connectivity index (χ0n) is 11.8. The molecule has 1 aliphatic rings. The lowest BCUT2D eigenvalue weighted by Crippen LogP contribution is -2.48. The molecule has 1 aromatic rings. The van der Waals surface area contributed by atoms with Gasteiger partial charge in [0, 0.05) is 37.2 Å². The number of nitrogens with zero attached hydrogens (tertiary/aromatic N) is 2. The number of piperazine rings is 1. The maximum Gasteiger partial charge on any atom is 0.244 e. The maximum atomic E-state index is 12.6. The van der Waals surface area contributed by atoms with Crippen LogP contribution < -0.4 is 0 Å². The van der Waals surface area contributed by atoms with E-state index in [2.05, 4.69) is 27.4 Å². The highest BCUT2D eigenvalue weighted by atomic mass is 79.9. The van der Waals surface area contributed by atoms with Crippen molar-refractivity contribution in [2.45, 2.75) is 11.8 Å². The van der Waals surface area contributed by atoms with Crippen molar-refractivity contribution < 1.29 is 8.42 Å². The highest BCUT2D eigenvalue weighted by Gasteiger charge is 2.29. The van der Waals surface area contributed by atoms with E-state index in [-0.39, 0.29) is 9.92 Å². The maximum absolute atomic E-state index is 12.6. The third kappa shape index (κ3) is 4.07. The van der Waals surface area contributed by atoms with E-state index in [0.717, 1.165) is 16.6 Å². The predicted octanol–water partition coefficient (Wildman–Crippen LogP) is 2.98. The van der Waals surface area contributed by atoms with Gasteiger partial charge in [0.15, 0.2) is 0 Å². The number of sulfonamides is 1. The second kappa shape index (κ2) is 6.79. The van der Waals surface area contributed by atoms with Gasteiger partial charge in [0.25, 0.3) is 0 Å². The summed E-state index contributed by atoms with van der Waals surface area (Å²) >= 11 is 9.35. The largest absolute Gasteiger partial charge is 0.297 e. The highest BCUT2D eigenvalue weighted by Crippen LogP contribution is 2.28. The normalized spacial score (nSPS) is 17.9. The molecular weight excluding hydrogens is 376 g/mol. The minimum atomic E-state index is -3.53. The molecule has 0 bridgehead atoms. The summed E-state index contributed by atoms with van der Waals surface area (Å²) in [7, 11) is -3.53. The zero-order valence-corrected chi connectivity index (χ0v) is 15.0. The quantitative estimate of drug-likeness (QED) is 0.738. The average molecular weight is 394 g/mol. The fourth-order valence-electron chi connectivity index (χ4n) is 2.33. The van der Waals surface area contributed by atoms with Gasteiger partial charge in [-0.2, -0.15) is 4.31 Å². The molecule has 2 rings (SSSR count). The fraction of sp³-hybridized carbons (Fsp3) is 0.429. The van der Waals surface area contributed by atoms with Crippen molar-refractivity contribution in [2.24, 2.45) is 0 Å². The molecule has 0 unspecified atom stereocenters. The van der Waals surface area contributed by atoms with Gasteiger partial charge >= 0.3 is 0 Å². The Labute approximate surface area is 139 Å². The van der Waals surface area contributed by atoms with Gasteiger partial charge < -0.3 is 0 Å². The molecule has 0 amide bonds. The van der Waals surface area contributed by atoms with Gasteiger partial charge in [-0.05, 0) is 25.1 Å². The van der Waals surface area contributed by atoms with E-state index in [1.165, 1.54) is 4.31 Å². The molecule has 1 fully saturated rings. The van der Waals surface area contributed by atoms with Crippen molar-refractivity contribution >= 4 is 37.6 Å². The van der Waals surface area contributed by atoms with Crippen molar-refractivity contribution in [1.29, 1.82) is 0 Å². The van der Waals surface area contributed by atoms with Crippen molar-refractivity contribution in [3.63, 3.8) is 0 Å². The summed E-state index contributed by atoms with van der Waals surface area (Å²) in [5.41, 5.74) is 1.09. The molecule has 116 valence electrons. The number of rotatable bonds is 4. The minimum absolute atomic E-state index is 0.167. The summed E-state index contributed by atoms with van der Waals surface area (Å²) in [6.07, 6.45) is 0. The van der Waals surface area contributed by atoms with Crippen molar-refractivity contribution in [2.75, 3.05) is 32.7 Å². The SMILES string of the molecule is C=C(C)CN1CCN(S(=O)(=O)c2ccc(Br)cc2Cl)CC1. The lowest BCUT2D eigenvalue weighted by molar-refractivity contribution is 0.201. The van der Waals surface area contributed by atoms with Crippen molar-refractivity contribution in [3.05, 3.63) is 39.8 Å². The topological polar surface area (TPSA) is 40.6 Å². The number of benzene rings is 1. The molecule has 0 saturated carbocycles. The van der Waals surface area contributed by atoms with Gasteiger partial charge in [-0.1, -0.05) is 39.7 Å². The molecule has 1 aliphatic heterocycles. The van der Waals surface area contributed by atoms with E-state index in [1.54, 1.807) is 18.2 Å². The molecule has 0 spiro atoms. The van der Waals surface area contributed by atoms with Crippen LogP contribution in [-0.4, -0.2) is 50.3 Å². The van der Waals surface area contributed by atoms with E-state index in [1.807, 2.05) is 6.92 Å². The van der Waals surface area contributed by atoms with Gasteiger partial charge in [-0.3, -0.25) is 4.90 Å². The molecule has 21 heavy (non-hydrogen) atoms. The fourth-order valence-corrected chi connectivity index (χ4v) is 4.77. The van der Waals surface area contributed by atoms with Crippen LogP contribution in [0.5, 0.6) is 0 Å². The van der Waals surface area contributed by atoms with Gasteiger partial charge in [-0.15, -0.1) is 0 Å². The van der Waals surface area contributed by atoms with Crippen LogP contribution in [0.15, 0.2) is 39.7 Å². The van der Waals surface area contributed by atoms with Crippen LogP contribution >= 0.6 is 27.5 Å². The third-order valence-corrected chi connectivity index (χ3v) is 6.21. The highest BCUT2D eigenvalue weighted by molar-refractivity contribution is 9.10. The Morgan fingerprint density at radius 1 is 1.33 bits per heavy atom. The summed E-state index contributed by atoms with van der Waals surface area (Å²) < 4.78 is 27.5. The van der Waals surface area contributed by atoms with Crippen LogP contribution in [0.3, 0.4) is 0 Å². The van der Waals surface area contributed by atoms with Gasteiger partial charge in [0.2, 0.25) is 10.0 Å². The summed E-state index contributed by atoms with van der Waals surface area (Å²) in [5.74, 6) is 0. The average Bonchev–Trinajstić information content (AvgIpc) is 2.38. The molecule has 1 saturated heterocycles.